The van der Waals surface area contributed by atoms with Crippen LogP contribution in [0.2, 0.25) is 0 Å². The van der Waals surface area contributed by atoms with E-state index in [0.29, 0.717) is 6.54 Å². The van der Waals surface area contributed by atoms with Gasteiger partial charge in [-0.1, -0.05) is 30.3 Å². The van der Waals surface area contributed by atoms with Crippen molar-refractivity contribution in [3.05, 3.63) is 57.8 Å². The molecule has 6 nitrogen and oxygen atoms in total. The standard InChI is InChI=1S/C21H27N3O3S/c1-16(25)23-19(20-3-2-12-28-20)13-21(26)22-14-17-4-6-18(7-5-17)15-24-8-10-27-11-9-24/h2-7,12,19H,8-11,13-15H2,1H3,(H,22,26)(H,23,25)/t19-/m0/s1. The Morgan fingerprint density at radius 2 is 1.86 bits per heavy atom. The molecule has 0 aliphatic carbocycles. The van der Waals surface area contributed by atoms with Crippen molar-refractivity contribution in [1.29, 1.82) is 0 Å². The third-order valence-electron chi connectivity index (χ3n) is 4.68. The second-order valence-corrected chi connectivity index (χ2v) is 7.93. The Morgan fingerprint density at radius 1 is 1.14 bits per heavy atom. The van der Waals surface area contributed by atoms with Crippen molar-refractivity contribution < 1.29 is 14.3 Å². The third kappa shape index (κ3) is 6.44. The number of carbonyl (C=O) groups is 2. The highest BCUT2D eigenvalue weighted by molar-refractivity contribution is 7.10. The average Bonchev–Trinajstić information content (AvgIpc) is 3.22. The zero-order valence-corrected chi connectivity index (χ0v) is 17.0. The van der Waals surface area contributed by atoms with Gasteiger partial charge in [0.15, 0.2) is 0 Å². The first kappa shape index (κ1) is 20.5. The Labute approximate surface area is 169 Å². The fourth-order valence-corrected chi connectivity index (χ4v) is 3.97. The average molecular weight is 402 g/mol. The van der Waals surface area contributed by atoms with E-state index in [1.54, 1.807) is 0 Å². The molecule has 1 aromatic carbocycles. The lowest BCUT2D eigenvalue weighted by Crippen LogP contribution is -2.35. The van der Waals surface area contributed by atoms with E-state index < -0.39 is 0 Å². The van der Waals surface area contributed by atoms with Gasteiger partial charge in [0.25, 0.3) is 0 Å². The number of benzene rings is 1. The minimum absolute atomic E-state index is 0.0791. The summed E-state index contributed by atoms with van der Waals surface area (Å²) in [4.78, 5) is 27.2. The first-order valence-corrected chi connectivity index (χ1v) is 10.4. The van der Waals surface area contributed by atoms with Gasteiger partial charge in [-0.15, -0.1) is 11.3 Å². The topological polar surface area (TPSA) is 70.7 Å². The second kappa shape index (κ2) is 10.4. The molecule has 2 amide bonds. The van der Waals surface area contributed by atoms with Crippen LogP contribution in [0.3, 0.4) is 0 Å². The molecule has 1 aromatic heterocycles. The van der Waals surface area contributed by atoms with Crippen molar-refractivity contribution in [3.63, 3.8) is 0 Å². The summed E-state index contributed by atoms with van der Waals surface area (Å²) in [6.45, 7) is 6.42. The van der Waals surface area contributed by atoms with Crippen molar-refractivity contribution in [3.8, 4) is 0 Å². The molecule has 1 aliphatic rings. The summed E-state index contributed by atoms with van der Waals surface area (Å²) in [5.74, 6) is -0.216. The molecule has 1 atom stereocenters. The number of rotatable bonds is 8. The fraction of sp³-hybridized carbons (Fsp3) is 0.429. The molecule has 0 bridgehead atoms. The predicted octanol–water partition coefficient (Wildman–Crippen LogP) is 2.46. The highest BCUT2D eigenvalue weighted by Gasteiger charge is 2.18. The van der Waals surface area contributed by atoms with E-state index in [4.69, 9.17) is 4.74 Å². The van der Waals surface area contributed by atoms with Gasteiger partial charge in [0, 0.05) is 38.0 Å². The number of ether oxygens (including phenoxy) is 1. The molecule has 0 saturated carbocycles. The highest BCUT2D eigenvalue weighted by atomic mass is 32.1. The Hall–Kier alpha value is -2.22. The zero-order valence-electron chi connectivity index (χ0n) is 16.1. The molecule has 0 radical (unpaired) electrons. The van der Waals surface area contributed by atoms with Crippen LogP contribution in [0.4, 0.5) is 0 Å². The van der Waals surface area contributed by atoms with Crippen LogP contribution >= 0.6 is 11.3 Å². The van der Waals surface area contributed by atoms with Gasteiger partial charge < -0.3 is 15.4 Å². The number of thiophene rings is 1. The lowest BCUT2D eigenvalue weighted by molar-refractivity contribution is -0.122. The number of morpholine rings is 1. The Morgan fingerprint density at radius 3 is 2.50 bits per heavy atom. The number of nitrogens with zero attached hydrogens (tertiary/aromatic N) is 1. The van der Waals surface area contributed by atoms with Crippen LogP contribution < -0.4 is 10.6 Å². The first-order valence-electron chi connectivity index (χ1n) is 9.55. The quantitative estimate of drug-likeness (QED) is 0.713. The molecule has 2 N–H and O–H groups in total. The Kier molecular flexibility index (Phi) is 7.59. The molecule has 1 fully saturated rings. The summed E-state index contributed by atoms with van der Waals surface area (Å²) < 4.78 is 5.38. The molecular formula is C21H27N3O3S. The molecule has 0 unspecified atom stereocenters. The van der Waals surface area contributed by atoms with Gasteiger partial charge in [0.1, 0.15) is 0 Å². The molecule has 150 valence electrons. The summed E-state index contributed by atoms with van der Waals surface area (Å²) in [6.07, 6.45) is 0.231. The van der Waals surface area contributed by atoms with Crippen LogP contribution in [0.15, 0.2) is 41.8 Å². The number of carbonyl (C=O) groups excluding carboxylic acids is 2. The molecule has 1 saturated heterocycles. The van der Waals surface area contributed by atoms with E-state index >= 15 is 0 Å². The van der Waals surface area contributed by atoms with Crippen LogP contribution in [-0.4, -0.2) is 43.0 Å². The van der Waals surface area contributed by atoms with Gasteiger partial charge in [-0.3, -0.25) is 14.5 Å². The summed E-state index contributed by atoms with van der Waals surface area (Å²) in [5, 5.41) is 7.75. The van der Waals surface area contributed by atoms with Crippen LogP contribution in [0.5, 0.6) is 0 Å². The largest absolute Gasteiger partial charge is 0.379 e. The third-order valence-corrected chi connectivity index (χ3v) is 5.66. The van der Waals surface area contributed by atoms with Crippen molar-refractivity contribution in [2.45, 2.75) is 32.5 Å². The molecule has 1 aliphatic heterocycles. The van der Waals surface area contributed by atoms with Crippen LogP contribution in [-0.2, 0) is 27.4 Å². The summed E-state index contributed by atoms with van der Waals surface area (Å²) in [6, 6.07) is 11.9. The predicted molar refractivity (Wildman–Crippen MR) is 110 cm³/mol. The Balaban J connectivity index is 1.47. The van der Waals surface area contributed by atoms with Crippen molar-refractivity contribution in [2.75, 3.05) is 26.3 Å². The van der Waals surface area contributed by atoms with Crippen LogP contribution in [0.1, 0.15) is 35.4 Å². The number of hydrogen-bond acceptors (Lipinski definition) is 5. The lowest BCUT2D eigenvalue weighted by atomic mass is 10.1. The van der Waals surface area contributed by atoms with E-state index in [1.165, 1.54) is 23.8 Å². The maximum atomic E-state index is 12.4. The van der Waals surface area contributed by atoms with Gasteiger partial charge >= 0.3 is 0 Å². The minimum Gasteiger partial charge on any atom is -0.379 e. The molecule has 2 aromatic rings. The van der Waals surface area contributed by atoms with Crippen LogP contribution in [0, 0.1) is 0 Å². The van der Waals surface area contributed by atoms with Gasteiger partial charge in [0.2, 0.25) is 11.8 Å². The molecule has 0 spiro atoms. The normalized spacial score (nSPS) is 15.8. The monoisotopic (exact) mass is 401 g/mol. The summed E-state index contributed by atoms with van der Waals surface area (Å²) in [5.41, 5.74) is 2.33. The molecule has 3 rings (SSSR count). The van der Waals surface area contributed by atoms with E-state index in [9.17, 15) is 9.59 Å². The van der Waals surface area contributed by atoms with E-state index in [2.05, 4.69) is 39.8 Å². The van der Waals surface area contributed by atoms with Crippen molar-refractivity contribution in [2.24, 2.45) is 0 Å². The van der Waals surface area contributed by atoms with Crippen molar-refractivity contribution >= 4 is 23.2 Å². The number of nitrogens with one attached hydrogen (secondary N) is 2. The molecule has 2 heterocycles. The second-order valence-electron chi connectivity index (χ2n) is 6.95. The van der Waals surface area contributed by atoms with E-state index in [-0.39, 0.29) is 24.3 Å². The van der Waals surface area contributed by atoms with Gasteiger partial charge in [-0.25, -0.2) is 0 Å². The molecule has 7 heteroatoms. The van der Waals surface area contributed by atoms with Crippen LogP contribution in [0.25, 0.3) is 0 Å². The van der Waals surface area contributed by atoms with Crippen molar-refractivity contribution in [1.82, 2.24) is 15.5 Å². The van der Waals surface area contributed by atoms with Gasteiger partial charge in [-0.05, 0) is 22.6 Å². The molecular weight excluding hydrogens is 374 g/mol. The Bertz CT molecular complexity index is 756. The highest BCUT2D eigenvalue weighted by Crippen LogP contribution is 2.22. The first-order chi connectivity index (χ1) is 13.6. The maximum absolute atomic E-state index is 12.4. The minimum atomic E-state index is -0.284. The fourth-order valence-electron chi connectivity index (χ4n) is 3.20. The van der Waals surface area contributed by atoms with Gasteiger partial charge in [-0.2, -0.15) is 0 Å². The summed E-state index contributed by atoms with van der Waals surface area (Å²) >= 11 is 1.54. The lowest BCUT2D eigenvalue weighted by Gasteiger charge is -2.26. The number of amides is 2. The maximum Gasteiger partial charge on any atom is 0.222 e. The SMILES string of the molecule is CC(=O)N[C@@H](CC(=O)NCc1ccc(CN2CCOCC2)cc1)c1cccs1. The van der Waals surface area contributed by atoms with E-state index in [1.807, 2.05) is 17.5 Å². The summed E-state index contributed by atoms with van der Waals surface area (Å²) in [7, 11) is 0. The smallest absolute Gasteiger partial charge is 0.222 e. The van der Waals surface area contributed by atoms with E-state index in [0.717, 1.165) is 43.3 Å². The molecule has 28 heavy (non-hydrogen) atoms. The number of hydrogen-bond donors (Lipinski definition) is 2. The van der Waals surface area contributed by atoms with Gasteiger partial charge in [0.05, 0.1) is 25.7 Å². The zero-order chi connectivity index (χ0) is 19.8.